The van der Waals surface area contributed by atoms with Crippen LogP contribution < -0.4 is 10.6 Å². The molecule has 2 rings (SSSR count). The van der Waals surface area contributed by atoms with Crippen molar-refractivity contribution >= 4 is 29.3 Å². The highest BCUT2D eigenvalue weighted by atomic mass is 32.2. The Balaban J connectivity index is 1.93. The number of carbonyl (C=O) groups is 2. The number of hydrogen-bond acceptors (Lipinski definition) is 4. The summed E-state index contributed by atoms with van der Waals surface area (Å²) >= 11 is 1.29. The van der Waals surface area contributed by atoms with E-state index in [-0.39, 0.29) is 17.9 Å². The number of benzene rings is 1. The third-order valence-electron chi connectivity index (χ3n) is 3.37. The van der Waals surface area contributed by atoms with Crippen molar-refractivity contribution in [3.8, 4) is 0 Å². The molecular formula is C16H22N2O3S. The number of amides is 2. The third-order valence-corrected chi connectivity index (χ3v) is 4.73. The highest BCUT2D eigenvalue weighted by Crippen LogP contribution is 2.42. The Kier molecular flexibility index (Phi) is 5.47. The van der Waals surface area contributed by atoms with Crippen LogP contribution in [0.4, 0.5) is 5.69 Å². The molecule has 120 valence electrons. The van der Waals surface area contributed by atoms with Crippen molar-refractivity contribution in [3.05, 3.63) is 24.3 Å². The number of hydrogen-bond donors (Lipinski definition) is 2. The molecule has 5 nitrogen and oxygen atoms in total. The highest BCUT2D eigenvalue weighted by molar-refractivity contribution is 8.02. The fraction of sp³-hybridized carbons (Fsp3) is 0.500. The summed E-state index contributed by atoms with van der Waals surface area (Å²) < 4.78 is 4.28. The standard InChI is InChI=1S/C16H22N2O3S/c1-11(2)21-10-6-9-17-14(19)16(3)15(20)18-12-7-4-5-8-13(12)22-16/h4-5,7-8,11H,6,9-10H2,1-3H3,(H,17,19)(H,18,20). The van der Waals surface area contributed by atoms with Gasteiger partial charge in [0.25, 0.3) is 0 Å². The van der Waals surface area contributed by atoms with Crippen LogP contribution in [0.15, 0.2) is 29.2 Å². The zero-order valence-electron chi connectivity index (χ0n) is 13.1. The van der Waals surface area contributed by atoms with Gasteiger partial charge in [0.05, 0.1) is 11.8 Å². The number of carbonyl (C=O) groups excluding carboxylic acids is 2. The number of rotatable bonds is 6. The number of para-hydroxylation sites is 1. The van der Waals surface area contributed by atoms with Gasteiger partial charge in [0.15, 0.2) is 4.75 Å². The summed E-state index contributed by atoms with van der Waals surface area (Å²) in [7, 11) is 0. The summed E-state index contributed by atoms with van der Waals surface area (Å²) in [6.07, 6.45) is 0.910. The lowest BCUT2D eigenvalue weighted by Gasteiger charge is -2.31. The predicted molar refractivity (Wildman–Crippen MR) is 88.0 cm³/mol. The first-order valence-electron chi connectivity index (χ1n) is 7.43. The molecule has 1 atom stereocenters. The van der Waals surface area contributed by atoms with E-state index in [4.69, 9.17) is 4.74 Å². The van der Waals surface area contributed by atoms with Gasteiger partial charge in [-0.25, -0.2) is 0 Å². The van der Waals surface area contributed by atoms with Crippen LogP contribution in [0.1, 0.15) is 27.2 Å². The van der Waals surface area contributed by atoms with Crippen LogP contribution in [-0.2, 0) is 14.3 Å². The van der Waals surface area contributed by atoms with Crippen molar-refractivity contribution < 1.29 is 14.3 Å². The minimum Gasteiger partial charge on any atom is -0.379 e. The fourth-order valence-electron chi connectivity index (χ4n) is 2.08. The topological polar surface area (TPSA) is 67.4 Å². The lowest BCUT2D eigenvalue weighted by Crippen LogP contribution is -2.52. The molecule has 1 aromatic rings. The SMILES string of the molecule is CC(C)OCCCNC(=O)C1(C)Sc2ccccc2NC1=O. The molecule has 0 radical (unpaired) electrons. The molecular weight excluding hydrogens is 300 g/mol. The van der Waals surface area contributed by atoms with E-state index < -0.39 is 4.75 Å². The zero-order chi connectivity index (χ0) is 16.2. The average molecular weight is 322 g/mol. The monoisotopic (exact) mass is 322 g/mol. The van der Waals surface area contributed by atoms with Crippen molar-refractivity contribution in [1.29, 1.82) is 0 Å². The third kappa shape index (κ3) is 3.81. The quantitative estimate of drug-likeness (QED) is 0.623. The molecule has 1 aliphatic heterocycles. The maximum Gasteiger partial charge on any atom is 0.250 e. The predicted octanol–water partition coefficient (Wildman–Crippen LogP) is 2.42. The molecule has 1 aliphatic rings. The second-order valence-electron chi connectivity index (χ2n) is 5.61. The van der Waals surface area contributed by atoms with Crippen molar-refractivity contribution in [2.45, 2.75) is 42.9 Å². The summed E-state index contributed by atoms with van der Waals surface area (Å²) in [5, 5.41) is 5.63. The molecule has 1 unspecified atom stereocenters. The molecule has 0 aliphatic carbocycles. The van der Waals surface area contributed by atoms with E-state index >= 15 is 0 Å². The maximum atomic E-state index is 12.4. The van der Waals surface area contributed by atoms with Crippen LogP contribution in [0.25, 0.3) is 0 Å². The Hall–Kier alpha value is -1.53. The molecule has 0 spiro atoms. The van der Waals surface area contributed by atoms with E-state index in [0.717, 1.165) is 17.0 Å². The maximum absolute atomic E-state index is 12.4. The molecule has 22 heavy (non-hydrogen) atoms. The molecule has 2 N–H and O–H groups in total. The summed E-state index contributed by atoms with van der Waals surface area (Å²) in [6.45, 7) is 6.69. The second kappa shape index (κ2) is 7.15. The van der Waals surface area contributed by atoms with Gasteiger partial charge < -0.3 is 15.4 Å². The molecule has 0 saturated heterocycles. The van der Waals surface area contributed by atoms with Gasteiger partial charge in [0, 0.05) is 18.0 Å². The molecule has 1 aromatic carbocycles. The average Bonchev–Trinajstić information content (AvgIpc) is 2.47. The molecule has 2 amide bonds. The Labute approximate surface area is 135 Å². The number of anilines is 1. The normalized spacial score (nSPS) is 20.5. The Morgan fingerprint density at radius 1 is 1.41 bits per heavy atom. The van der Waals surface area contributed by atoms with E-state index in [9.17, 15) is 9.59 Å². The molecule has 0 saturated carbocycles. The van der Waals surface area contributed by atoms with Gasteiger partial charge >= 0.3 is 0 Å². The molecule has 6 heteroatoms. The van der Waals surface area contributed by atoms with E-state index in [1.165, 1.54) is 11.8 Å². The van der Waals surface area contributed by atoms with Gasteiger partial charge in [-0.05, 0) is 39.3 Å². The van der Waals surface area contributed by atoms with Crippen LogP contribution in [0.3, 0.4) is 0 Å². The van der Waals surface area contributed by atoms with E-state index in [1.54, 1.807) is 6.92 Å². The smallest absolute Gasteiger partial charge is 0.250 e. The first-order chi connectivity index (χ1) is 10.4. The van der Waals surface area contributed by atoms with Crippen LogP contribution in [0.5, 0.6) is 0 Å². The minimum atomic E-state index is -1.15. The lowest BCUT2D eigenvalue weighted by molar-refractivity contribution is -0.129. The van der Waals surface area contributed by atoms with Gasteiger partial charge in [-0.3, -0.25) is 9.59 Å². The van der Waals surface area contributed by atoms with Crippen LogP contribution >= 0.6 is 11.8 Å². The Morgan fingerprint density at radius 3 is 2.86 bits per heavy atom. The summed E-state index contributed by atoms with van der Waals surface area (Å²) in [6, 6.07) is 7.49. The summed E-state index contributed by atoms with van der Waals surface area (Å²) in [4.78, 5) is 25.6. The molecule has 0 aromatic heterocycles. The van der Waals surface area contributed by atoms with Gasteiger partial charge in [0.2, 0.25) is 11.8 Å². The summed E-state index contributed by atoms with van der Waals surface area (Å²) in [5.74, 6) is -0.554. The largest absolute Gasteiger partial charge is 0.379 e. The van der Waals surface area contributed by atoms with E-state index in [2.05, 4.69) is 10.6 Å². The number of thioether (sulfide) groups is 1. The highest BCUT2D eigenvalue weighted by Gasteiger charge is 2.45. The lowest BCUT2D eigenvalue weighted by atomic mass is 10.1. The number of nitrogens with one attached hydrogen (secondary N) is 2. The fourth-order valence-corrected chi connectivity index (χ4v) is 3.20. The first kappa shape index (κ1) is 16.8. The van der Waals surface area contributed by atoms with Crippen LogP contribution in [0, 0.1) is 0 Å². The van der Waals surface area contributed by atoms with Gasteiger partial charge in [0.1, 0.15) is 0 Å². The van der Waals surface area contributed by atoms with E-state index in [0.29, 0.717) is 13.2 Å². The molecule has 0 fully saturated rings. The van der Waals surface area contributed by atoms with E-state index in [1.807, 2.05) is 38.1 Å². The van der Waals surface area contributed by atoms with Crippen molar-refractivity contribution in [2.24, 2.45) is 0 Å². The van der Waals surface area contributed by atoms with Crippen molar-refractivity contribution in [3.63, 3.8) is 0 Å². The van der Waals surface area contributed by atoms with Crippen molar-refractivity contribution in [1.82, 2.24) is 5.32 Å². The minimum absolute atomic E-state index is 0.185. The number of ether oxygens (including phenoxy) is 1. The van der Waals surface area contributed by atoms with Crippen LogP contribution in [0.2, 0.25) is 0 Å². The Morgan fingerprint density at radius 2 is 2.14 bits per heavy atom. The zero-order valence-corrected chi connectivity index (χ0v) is 14.0. The van der Waals surface area contributed by atoms with Crippen molar-refractivity contribution in [2.75, 3.05) is 18.5 Å². The molecule has 1 heterocycles. The first-order valence-corrected chi connectivity index (χ1v) is 8.24. The van der Waals surface area contributed by atoms with Crippen LogP contribution in [-0.4, -0.2) is 35.8 Å². The second-order valence-corrected chi connectivity index (χ2v) is 7.08. The Bertz CT molecular complexity index is 562. The summed E-state index contributed by atoms with van der Waals surface area (Å²) in [5.41, 5.74) is 0.758. The number of fused-ring (bicyclic) bond motifs is 1. The van der Waals surface area contributed by atoms with Gasteiger partial charge in [-0.1, -0.05) is 23.9 Å². The molecule has 0 bridgehead atoms. The van der Waals surface area contributed by atoms with Gasteiger partial charge in [-0.2, -0.15) is 0 Å². The van der Waals surface area contributed by atoms with Gasteiger partial charge in [-0.15, -0.1) is 0 Å².